The lowest BCUT2D eigenvalue weighted by Crippen LogP contribution is -2.42. The summed E-state index contributed by atoms with van der Waals surface area (Å²) in [6.07, 6.45) is 0. The first kappa shape index (κ1) is 15.3. The average molecular weight is 310 g/mol. The predicted molar refractivity (Wildman–Crippen MR) is 88.8 cm³/mol. The summed E-state index contributed by atoms with van der Waals surface area (Å²) < 4.78 is 13.2. The van der Waals surface area contributed by atoms with Gasteiger partial charge >= 0.3 is 5.63 Å². The van der Waals surface area contributed by atoms with Crippen molar-refractivity contribution in [2.75, 3.05) is 6.61 Å². The number of benzene rings is 1. The molecule has 0 amide bonds. The van der Waals surface area contributed by atoms with Crippen molar-refractivity contribution >= 4 is 11.0 Å². The quantitative estimate of drug-likeness (QED) is 0.549. The van der Waals surface area contributed by atoms with Gasteiger partial charge in [-0.05, 0) is 30.7 Å². The van der Waals surface area contributed by atoms with Gasteiger partial charge in [-0.1, -0.05) is 0 Å². The van der Waals surface area contributed by atoms with Gasteiger partial charge in [0.1, 0.15) is 17.9 Å². The molecule has 2 aromatic heterocycles. The number of hydrogen-bond acceptors (Lipinski definition) is 3. The van der Waals surface area contributed by atoms with Crippen molar-refractivity contribution in [2.24, 2.45) is 0 Å². The van der Waals surface area contributed by atoms with Crippen LogP contribution in [0.3, 0.4) is 0 Å². The average Bonchev–Trinajstić information content (AvgIpc) is 2.49. The van der Waals surface area contributed by atoms with Gasteiger partial charge in [0.05, 0.1) is 0 Å². The van der Waals surface area contributed by atoms with Crippen LogP contribution in [0.2, 0.25) is 0 Å². The molecule has 0 saturated heterocycles. The number of rotatable bonds is 4. The van der Waals surface area contributed by atoms with Crippen molar-refractivity contribution < 1.29 is 13.7 Å². The molecule has 1 aromatic carbocycles. The van der Waals surface area contributed by atoms with E-state index in [1.165, 1.54) is 23.0 Å². The first-order chi connectivity index (χ1) is 11.0. The van der Waals surface area contributed by atoms with Crippen molar-refractivity contribution in [3.05, 3.63) is 69.8 Å². The van der Waals surface area contributed by atoms with E-state index < -0.39 is 0 Å². The molecular weight excluding hydrogens is 290 g/mol. The maximum Gasteiger partial charge on any atom is 0.336 e. The topological polar surface area (TPSA) is 43.3 Å². The second-order valence-corrected chi connectivity index (χ2v) is 5.77. The third-order valence-corrected chi connectivity index (χ3v) is 3.90. The smallest absolute Gasteiger partial charge is 0.336 e. The van der Waals surface area contributed by atoms with E-state index in [1.54, 1.807) is 12.1 Å². The Bertz CT molecular complexity index is 889. The molecule has 0 bridgehead atoms. The van der Waals surface area contributed by atoms with Gasteiger partial charge in [0.2, 0.25) is 0 Å². The zero-order valence-electron chi connectivity index (χ0n) is 13.6. The minimum atomic E-state index is -0.351. The maximum absolute atomic E-state index is 11.3. The van der Waals surface area contributed by atoms with E-state index in [-0.39, 0.29) is 5.63 Å². The summed E-state index contributed by atoms with van der Waals surface area (Å²) in [6.45, 7) is 7.63. The molecule has 0 aliphatic carbocycles. The minimum absolute atomic E-state index is 0.351. The van der Waals surface area contributed by atoms with Gasteiger partial charge in [-0.25, -0.2) is 4.79 Å². The molecule has 3 rings (SSSR count). The van der Waals surface area contributed by atoms with Crippen LogP contribution in [0.15, 0.2) is 51.7 Å². The fourth-order valence-electron chi connectivity index (χ4n) is 2.87. The second kappa shape index (κ2) is 6.24. The first-order valence-electron chi connectivity index (χ1n) is 7.67. The molecule has 2 heterocycles. The first-order valence-corrected chi connectivity index (χ1v) is 7.67. The Kier molecular flexibility index (Phi) is 4.15. The maximum atomic E-state index is 11.3. The molecule has 4 nitrogen and oxygen atoms in total. The van der Waals surface area contributed by atoms with Crippen LogP contribution in [-0.4, -0.2) is 6.61 Å². The zero-order valence-corrected chi connectivity index (χ0v) is 13.6. The summed E-state index contributed by atoms with van der Waals surface area (Å²) in [6, 6.07) is 13.0. The van der Waals surface area contributed by atoms with E-state index in [2.05, 4.69) is 37.5 Å². The Hall–Kier alpha value is -2.62. The molecule has 4 heteroatoms. The lowest BCUT2D eigenvalue weighted by Gasteiger charge is -2.08. The molecule has 118 valence electrons. The number of aryl methyl sites for hydroxylation is 3. The summed E-state index contributed by atoms with van der Waals surface area (Å²) in [7, 11) is 0. The van der Waals surface area contributed by atoms with E-state index in [9.17, 15) is 4.79 Å². The number of nitrogens with zero attached hydrogens (tertiary/aromatic N) is 1. The van der Waals surface area contributed by atoms with Crippen LogP contribution in [0.4, 0.5) is 0 Å². The molecule has 0 aliphatic heterocycles. The Morgan fingerprint density at radius 2 is 1.70 bits per heavy atom. The van der Waals surface area contributed by atoms with E-state index in [4.69, 9.17) is 9.15 Å². The minimum Gasteiger partial charge on any atom is -0.487 e. The highest BCUT2D eigenvalue weighted by Gasteiger charge is 2.11. The standard InChI is InChI=1S/C19H20NO3/c1-13-10-14(2)20(15(3)11-13)8-9-22-17-6-4-16-5-7-19(21)23-18(16)12-17/h4-7,10-12H,8-9H2,1-3H3/q+1. The Labute approximate surface area is 135 Å². The Morgan fingerprint density at radius 3 is 2.43 bits per heavy atom. The zero-order chi connectivity index (χ0) is 16.4. The fourth-order valence-corrected chi connectivity index (χ4v) is 2.87. The number of aromatic nitrogens is 1. The molecule has 0 fully saturated rings. The summed E-state index contributed by atoms with van der Waals surface area (Å²) in [5.74, 6) is 0.704. The molecule has 0 unspecified atom stereocenters. The van der Waals surface area contributed by atoms with Gasteiger partial charge in [-0.15, -0.1) is 0 Å². The van der Waals surface area contributed by atoms with Gasteiger partial charge in [-0.2, -0.15) is 4.57 Å². The van der Waals surface area contributed by atoms with Crippen LogP contribution in [0, 0.1) is 20.8 Å². The largest absolute Gasteiger partial charge is 0.487 e. The lowest BCUT2D eigenvalue weighted by atomic mass is 10.2. The van der Waals surface area contributed by atoms with Crippen molar-refractivity contribution in [3.63, 3.8) is 0 Å². The van der Waals surface area contributed by atoms with Crippen molar-refractivity contribution in [3.8, 4) is 5.75 Å². The molecule has 0 spiro atoms. The highest BCUT2D eigenvalue weighted by Crippen LogP contribution is 2.19. The second-order valence-electron chi connectivity index (χ2n) is 5.77. The molecule has 0 aliphatic rings. The van der Waals surface area contributed by atoms with Gasteiger partial charge in [0.15, 0.2) is 17.9 Å². The molecule has 0 radical (unpaired) electrons. The molecule has 3 aromatic rings. The summed E-state index contributed by atoms with van der Waals surface area (Å²) >= 11 is 0. The third-order valence-electron chi connectivity index (χ3n) is 3.90. The van der Waals surface area contributed by atoms with Crippen molar-refractivity contribution in [1.29, 1.82) is 0 Å². The van der Waals surface area contributed by atoms with Crippen LogP contribution < -0.4 is 14.9 Å². The molecular formula is C19H20NO3+. The molecule has 0 saturated carbocycles. The monoisotopic (exact) mass is 310 g/mol. The highest BCUT2D eigenvalue weighted by molar-refractivity contribution is 5.77. The molecule has 23 heavy (non-hydrogen) atoms. The van der Waals surface area contributed by atoms with Crippen LogP contribution >= 0.6 is 0 Å². The van der Waals surface area contributed by atoms with Crippen molar-refractivity contribution in [2.45, 2.75) is 27.3 Å². The van der Waals surface area contributed by atoms with Gasteiger partial charge < -0.3 is 9.15 Å². The Balaban J connectivity index is 1.73. The van der Waals surface area contributed by atoms with Gasteiger partial charge in [0.25, 0.3) is 0 Å². The van der Waals surface area contributed by atoms with Gasteiger partial charge in [0, 0.05) is 43.5 Å². The lowest BCUT2D eigenvalue weighted by molar-refractivity contribution is -0.709. The normalized spacial score (nSPS) is 10.9. The highest BCUT2D eigenvalue weighted by atomic mass is 16.5. The van der Waals surface area contributed by atoms with Crippen LogP contribution in [0.5, 0.6) is 5.75 Å². The Morgan fingerprint density at radius 1 is 1.00 bits per heavy atom. The molecule has 0 N–H and O–H groups in total. The van der Waals surface area contributed by atoms with Crippen molar-refractivity contribution in [1.82, 2.24) is 0 Å². The van der Waals surface area contributed by atoms with E-state index in [0.717, 1.165) is 11.9 Å². The number of hydrogen-bond donors (Lipinski definition) is 0. The van der Waals surface area contributed by atoms with Crippen LogP contribution in [0.1, 0.15) is 17.0 Å². The van der Waals surface area contributed by atoms with E-state index in [1.807, 2.05) is 12.1 Å². The van der Waals surface area contributed by atoms with Crippen LogP contribution in [0.25, 0.3) is 11.0 Å². The van der Waals surface area contributed by atoms with E-state index >= 15 is 0 Å². The van der Waals surface area contributed by atoms with Crippen LogP contribution in [-0.2, 0) is 6.54 Å². The summed E-state index contributed by atoms with van der Waals surface area (Å²) in [5, 5.41) is 0.886. The number of pyridine rings is 1. The summed E-state index contributed by atoms with van der Waals surface area (Å²) in [5.41, 5.74) is 3.90. The molecule has 0 atom stereocenters. The SMILES string of the molecule is Cc1cc(C)[n+](CCOc2ccc3ccc(=O)oc3c2)c(C)c1. The number of ether oxygens (including phenoxy) is 1. The predicted octanol–water partition coefficient (Wildman–Crippen LogP) is 3.08. The van der Waals surface area contributed by atoms with Gasteiger partial charge in [-0.3, -0.25) is 0 Å². The van der Waals surface area contributed by atoms with E-state index in [0.29, 0.717) is 17.9 Å². The number of fused-ring (bicyclic) bond motifs is 1. The third kappa shape index (κ3) is 3.42. The fraction of sp³-hybridized carbons (Fsp3) is 0.263. The summed E-state index contributed by atoms with van der Waals surface area (Å²) in [4.78, 5) is 11.3.